The largest absolute Gasteiger partial charge is 0.465 e. The number of aromatic amines is 1. The number of benzene rings is 1. The van der Waals surface area contributed by atoms with E-state index in [0.717, 1.165) is 16.8 Å². The zero-order valence-electron chi connectivity index (χ0n) is 11.6. The number of halogens is 1. The zero-order chi connectivity index (χ0) is 15.0. The smallest absolute Gasteiger partial charge is 0.408 e. The van der Waals surface area contributed by atoms with Gasteiger partial charge in [0.25, 0.3) is 0 Å². The quantitative estimate of drug-likeness (QED) is 0.887. The van der Waals surface area contributed by atoms with E-state index in [-0.39, 0.29) is 12.1 Å². The molecular formula is C15H16ClN3O2. The fourth-order valence-corrected chi connectivity index (χ4v) is 3.20. The summed E-state index contributed by atoms with van der Waals surface area (Å²) in [5, 5.41) is 17.4. The van der Waals surface area contributed by atoms with Gasteiger partial charge in [-0.3, -0.25) is 10.00 Å². The van der Waals surface area contributed by atoms with Crippen molar-refractivity contribution in [2.45, 2.75) is 31.8 Å². The number of H-pyrrole nitrogens is 1. The van der Waals surface area contributed by atoms with Crippen LogP contribution in [-0.4, -0.2) is 26.3 Å². The molecule has 0 spiro atoms. The van der Waals surface area contributed by atoms with Crippen LogP contribution in [0.4, 0.5) is 4.79 Å². The Bertz CT molecular complexity index is 653. The van der Waals surface area contributed by atoms with Crippen molar-refractivity contribution in [3.05, 3.63) is 52.3 Å². The Morgan fingerprint density at radius 1 is 1.48 bits per heavy atom. The van der Waals surface area contributed by atoms with Gasteiger partial charge in [0.05, 0.1) is 18.3 Å². The lowest BCUT2D eigenvalue weighted by atomic mass is 9.89. The monoisotopic (exact) mass is 305 g/mol. The normalized spacial score (nSPS) is 21.1. The first-order valence-electron chi connectivity index (χ1n) is 6.90. The summed E-state index contributed by atoms with van der Waals surface area (Å²) < 4.78 is 0. The van der Waals surface area contributed by atoms with Crippen molar-refractivity contribution in [2.75, 3.05) is 0 Å². The van der Waals surface area contributed by atoms with Crippen molar-refractivity contribution >= 4 is 17.7 Å². The summed E-state index contributed by atoms with van der Waals surface area (Å²) in [5.74, 6) is 0. The maximum absolute atomic E-state index is 11.8. The summed E-state index contributed by atoms with van der Waals surface area (Å²) in [6.45, 7) is 1.99. The number of carboxylic acid groups (broad SMARTS) is 1. The molecule has 0 aliphatic carbocycles. The third kappa shape index (κ3) is 2.38. The molecular weight excluding hydrogens is 290 g/mol. The number of hydrogen-bond donors (Lipinski definition) is 2. The molecule has 21 heavy (non-hydrogen) atoms. The number of carbonyl (C=O) groups is 1. The van der Waals surface area contributed by atoms with Gasteiger partial charge in [-0.2, -0.15) is 5.10 Å². The Hall–Kier alpha value is -2.01. The van der Waals surface area contributed by atoms with Gasteiger partial charge in [-0.1, -0.05) is 30.7 Å². The predicted molar refractivity (Wildman–Crippen MR) is 79.4 cm³/mol. The summed E-state index contributed by atoms with van der Waals surface area (Å²) >= 11 is 5.92. The molecule has 2 atom stereocenters. The minimum absolute atomic E-state index is 0.175. The van der Waals surface area contributed by atoms with Gasteiger partial charge in [0.2, 0.25) is 0 Å². The van der Waals surface area contributed by atoms with E-state index in [4.69, 9.17) is 11.6 Å². The number of aromatic nitrogens is 2. The molecule has 0 bridgehead atoms. The van der Waals surface area contributed by atoms with Crippen molar-refractivity contribution in [1.82, 2.24) is 15.1 Å². The third-order valence-corrected chi connectivity index (χ3v) is 4.29. The molecule has 110 valence electrons. The molecule has 2 aromatic rings. The number of amides is 1. The SMILES string of the molecule is CCC1c2cn[nH]c2CC(c2ccc(Cl)cc2)N1C(=O)O. The van der Waals surface area contributed by atoms with E-state index in [1.165, 1.54) is 4.90 Å². The minimum Gasteiger partial charge on any atom is -0.465 e. The topological polar surface area (TPSA) is 69.2 Å². The molecule has 3 rings (SSSR count). The first-order chi connectivity index (χ1) is 10.1. The molecule has 0 radical (unpaired) electrons. The highest BCUT2D eigenvalue weighted by atomic mass is 35.5. The van der Waals surface area contributed by atoms with Crippen molar-refractivity contribution in [2.24, 2.45) is 0 Å². The van der Waals surface area contributed by atoms with E-state index in [9.17, 15) is 9.90 Å². The molecule has 0 saturated carbocycles. The maximum Gasteiger partial charge on any atom is 0.408 e. The lowest BCUT2D eigenvalue weighted by Crippen LogP contribution is -2.41. The van der Waals surface area contributed by atoms with Crippen molar-refractivity contribution in [3.63, 3.8) is 0 Å². The van der Waals surface area contributed by atoms with Gasteiger partial charge in [0, 0.05) is 22.7 Å². The fourth-order valence-electron chi connectivity index (χ4n) is 3.08. The van der Waals surface area contributed by atoms with Crippen LogP contribution in [0.5, 0.6) is 0 Å². The Kier molecular flexibility index (Phi) is 3.59. The van der Waals surface area contributed by atoms with E-state index in [1.807, 2.05) is 19.1 Å². The van der Waals surface area contributed by atoms with Gasteiger partial charge >= 0.3 is 6.09 Å². The van der Waals surface area contributed by atoms with Crippen LogP contribution < -0.4 is 0 Å². The second kappa shape index (κ2) is 5.41. The lowest BCUT2D eigenvalue weighted by molar-refractivity contribution is 0.0875. The van der Waals surface area contributed by atoms with Gasteiger partial charge < -0.3 is 5.11 Å². The van der Waals surface area contributed by atoms with Crippen molar-refractivity contribution < 1.29 is 9.90 Å². The summed E-state index contributed by atoms with van der Waals surface area (Å²) in [6.07, 6.45) is 2.13. The molecule has 1 amide bonds. The summed E-state index contributed by atoms with van der Waals surface area (Å²) in [6, 6.07) is 6.96. The first-order valence-corrected chi connectivity index (χ1v) is 7.28. The molecule has 1 aliphatic heterocycles. The van der Waals surface area contributed by atoms with Crippen LogP contribution in [0.1, 0.15) is 42.2 Å². The van der Waals surface area contributed by atoms with E-state index in [1.54, 1.807) is 18.3 Å². The van der Waals surface area contributed by atoms with Crippen LogP contribution in [0.25, 0.3) is 0 Å². The number of nitrogens with one attached hydrogen (secondary N) is 1. The molecule has 5 nitrogen and oxygen atoms in total. The molecule has 1 aromatic carbocycles. The minimum atomic E-state index is -0.909. The lowest BCUT2D eigenvalue weighted by Gasteiger charge is -2.39. The predicted octanol–water partition coefficient (Wildman–Crippen LogP) is 3.79. The standard InChI is InChI=1S/C15H16ClN3O2/c1-2-13-11-8-17-18-12(11)7-14(19(13)15(20)21)9-3-5-10(16)6-4-9/h3-6,8,13-14H,2,7H2,1H3,(H,17,18)(H,20,21). The number of nitrogens with zero attached hydrogens (tertiary/aromatic N) is 2. The zero-order valence-corrected chi connectivity index (χ0v) is 12.3. The fraction of sp³-hybridized carbons (Fsp3) is 0.333. The third-order valence-electron chi connectivity index (χ3n) is 4.04. The Labute approximate surface area is 127 Å². The average Bonchev–Trinajstić information content (AvgIpc) is 2.94. The van der Waals surface area contributed by atoms with Crippen LogP contribution >= 0.6 is 11.6 Å². The van der Waals surface area contributed by atoms with Gasteiger partial charge in [0.1, 0.15) is 0 Å². The summed E-state index contributed by atoms with van der Waals surface area (Å²) in [7, 11) is 0. The average molecular weight is 306 g/mol. The van der Waals surface area contributed by atoms with Gasteiger partial charge in [0.15, 0.2) is 0 Å². The van der Waals surface area contributed by atoms with Gasteiger partial charge in [-0.15, -0.1) is 0 Å². The van der Waals surface area contributed by atoms with Crippen LogP contribution in [0.2, 0.25) is 5.02 Å². The number of rotatable bonds is 2. The number of hydrogen-bond acceptors (Lipinski definition) is 2. The van der Waals surface area contributed by atoms with Crippen LogP contribution in [0.15, 0.2) is 30.5 Å². The highest BCUT2D eigenvalue weighted by Gasteiger charge is 2.38. The Balaban J connectivity index is 2.06. The molecule has 0 saturated heterocycles. The van der Waals surface area contributed by atoms with Crippen LogP contribution in [0.3, 0.4) is 0 Å². The first kappa shape index (κ1) is 13.9. The molecule has 6 heteroatoms. The Morgan fingerprint density at radius 3 is 2.81 bits per heavy atom. The second-order valence-corrected chi connectivity index (χ2v) is 5.63. The van der Waals surface area contributed by atoms with E-state index in [0.29, 0.717) is 17.9 Å². The number of fused-ring (bicyclic) bond motifs is 1. The summed E-state index contributed by atoms with van der Waals surface area (Å²) in [4.78, 5) is 13.3. The van der Waals surface area contributed by atoms with Crippen molar-refractivity contribution in [3.8, 4) is 0 Å². The van der Waals surface area contributed by atoms with Crippen LogP contribution in [-0.2, 0) is 6.42 Å². The van der Waals surface area contributed by atoms with Gasteiger partial charge in [-0.25, -0.2) is 4.79 Å². The molecule has 1 aromatic heterocycles. The Morgan fingerprint density at radius 2 is 2.19 bits per heavy atom. The maximum atomic E-state index is 11.8. The second-order valence-electron chi connectivity index (χ2n) is 5.19. The van der Waals surface area contributed by atoms with Crippen LogP contribution in [0, 0.1) is 0 Å². The van der Waals surface area contributed by atoms with Gasteiger partial charge in [-0.05, 0) is 24.1 Å². The van der Waals surface area contributed by atoms with Crippen molar-refractivity contribution in [1.29, 1.82) is 0 Å². The summed E-state index contributed by atoms with van der Waals surface area (Å²) in [5.41, 5.74) is 2.94. The molecule has 2 N–H and O–H groups in total. The highest BCUT2D eigenvalue weighted by molar-refractivity contribution is 6.30. The van der Waals surface area contributed by atoms with E-state index in [2.05, 4.69) is 10.2 Å². The molecule has 2 unspecified atom stereocenters. The van der Waals surface area contributed by atoms with E-state index < -0.39 is 6.09 Å². The molecule has 1 aliphatic rings. The molecule has 2 heterocycles. The van der Waals surface area contributed by atoms with E-state index >= 15 is 0 Å². The molecule has 0 fully saturated rings. The highest BCUT2D eigenvalue weighted by Crippen LogP contribution is 2.41.